The van der Waals surface area contributed by atoms with E-state index in [1.165, 1.54) is 64.2 Å². The molecule has 0 bridgehead atoms. The molecule has 0 aromatic heterocycles. The average molecular weight is 226 g/mol. The van der Waals surface area contributed by atoms with Gasteiger partial charge in [-0.25, -0.2) is 0 Å². The van der Waals surface area contributed by atoms with E-state index in [4.69, 9.17) is 5.11 Å². The minimum absolute atomic E-state index is 0.366. The van der Waals surface area contributed by atoms with Gasteiger partial charge in [0.05, 0.1) is 0 Å². The van der Waals surface area contributed by atoms with Gasteiger partial charge >= 0.3 is 5.97 Å². The van der Waals surface area contributed by atoms with Crippen molar-refractivity contribution in [3.63, 3.8) is 0 Å². The maximum Gasteiger partial charge on any atom is 0.303 e. The smallest absolute Gasteiger partial charge is 0.303 e. The third kappa shape index (κ3) is 6.86. The zero-order valence-electron chi connectivity index (χ0n) is 10.4. The summed E-state index contributed by atoms with van der Waals surface area (Å²) in [6, 6.07) is 0. The second-order valence-corrected chi connectivity index (χ2v) is 5.20. The van der Waals surface area contributed by atoms with Crippen LogP contribution in [0.25, 0.3) is 0 Å². The fraction of sp³-hybridized carbons (Fsp3) is 0.929. The molecule has 94 valence electrons. The molecule has 1 N–H and O–H groups in total. The van der Waals surface area contributed by atoms with Crippen molar-refractivity contribution in [1.29, 1.82) is 0 Å². The Kier molecular flexibility index (Phi) is 7.28. The first kappa shape index (κ1) is 13.5. The van der Waals surface area contributed by atoms with Crippen molar-refractivity contribution in [3.8, 4) is 0 Å². The maximum absolute atomic E-state index is 10.6. The van der Waals surface area contributed by atoms with Crippen LogP contribution in [0, 0.1) is 5.92 Å². The lowest BCUT2D eigenvalue weighted by Crippen LogP contribution is -2.05. The zero-order chi connectivity index (χ0) is 11.6. The van der Waals surface area contributed by atoms with Crippen molar-refractivity contribution in [2.75, 3.05) is 0 Å². The molecule has 16 heavy (non-hydrogen) atoms. The number of hydrogen-bond acceptors (Lipinski definition) is 1. The average Bonchev–Trinajstić information content (AvgIpc) is 2.31. The molecule has 1 aliphatic rings. The van der Waals surface area contributed by atoms with Crippen LogP contribution in [0.5, 0.6) is 0 Å². The first-order chi connectivity index (χ1) is 7.79. The van der Waals surface area contributed by atoms with Crippen LogP contribution in [0.3, 0.4) is 0 Å². The van der Waals surface area contributed by atoms with E-state index in [1.54, 1.807) is 0 Å². The maximum atomic E-state index is 10.6. The normalized spacial score (nSPS) is 21.2. The first-order valence-electron chi connectivity index (χ1n) is 7.01. The quantitative estimate of drug-likeness (QED) is 0.775. The van der Waals surface area contributed by atoms with Crippen molar-refractivity contribution >= 4 is 5.97 Å². The topological polar surface area (TPSA) is 37.3 Å². The molecule has 0 aliphatic heterocycles. The molecule has 0 atom stereocenters. The Hall–Kier alpha value is -0.530. The monoisotopic (exact) mass is 226 g/mol. The van der Waals surface area contributed by atoms with Gasteiger partial charge in [0, 0.05) is 6.42 Å². The number of carbonyl (C=O) groups is 1. The van der Waals surface area contributed by atoms with E-state index in [9.17, 15) is 4.79 Å². The van der Waals surface area contributed by atoms with Crippen molar-refractivity contribution in [2.24, 2.45) is 5.92 Å². The zero-order valence-corrected chi connectivity index (χ0v) is 10.4. The van der Waals surface area contributed by atoms with Crippen LogP contribution >= 0.6 is 0 Å². The summed E-state index contributed by atoms with van der Waals surface area (Å²) in [5.41, 5.74) is 0. The molecule has 0 unspecified atom stereocenters. The standard InChI is InChI=1S/C14H26O2/c15-14(16)12-11-13-9-7-5-3-1-2-4-6-8-10-13/h13H,1-12H2,(H,15,16). The van der Waals surface area contributed by atoms with Crippen LogP contribution < -0.4 is 0 Å². The molecule has 2 nitrogen and oxygen atoms in total. The van der Waals surface area contributed by atoms with Crippen molar-refractivity contribution in [1.82, 2.24) is 0 Å². The number of rotatable bonds is 3. The minimum Gasteiger partial charge on any atom is -0.481 e. The highest BCUT2D eigenvalue weighted by Gasteiger charge is 2.11. The number of hydrogen-bond donors (Lipinski definition) is 1. The van der Waals surface area contributed by atoms with Crippen LogP contribution in [0.1, 0.15) is 77.0 Å². The summed E-state index contributed by atoms with van der Waals surface area (Å²) in [6.07, 6.45) is 14.7. The van der Waals surface area contributed by atoms with E-state index in [-0.39, 0.29) is 0 Å². The van der Waals surface area contributed by atoms with Gasteiger partial charge in [-0.05, 0) is 12.3 Å². The first-order valence-corrected chi connectivity index (χ1v) is 7.01. The second-order valence-electron chi connectivity index (χ2n) is 5.20. The Morgan fingerprint density at radius 1 is 0.875 bits per heavy atom. The summed E-state index contributed by atoms with van der Waals surface area (Å²) in [7, 11) is 0. The minimum atomic E-state index is -0.630. The Balaban J connectivity index is 2.24. The van der Waals surface area contributed by atoms with Crippen LogP contribution in [0.2, 0.25) is 0 Å². The SMILES string of the molecule is O=C(O)CCC1CCCCCCCCCC1. The van der Waals surface area contributed by atoms with Gasteiger partial charge in [-0.3, -0.25) is 4.79 Å². The number of aliphatic carboxylic acids is 1. The summed E-state index contributed by atoms with van der Waals surface area (Å²) >= 11 is 0. The molecular formula is C14H26O2. The van der Waals surface area contributed by atoms with E-state index in [1.807, 2.05) is 0 Å². The van der Waals surface area contributed by atoms with E-state index >= 15 is 0 Å². The fourth-order valence-corrected chi connectivity index (χ4v) is 2.69. The highest BCUT2D eigenvalue weighted by Crippen LogP contribution is 2.24. The highest BCUT2D eigenvalue weighted by atomic mass is 16.4. The van der Waals surface area contributed by atoms with Crippen LogP contribution in [-0.4, -0.2) is 11.1 Å². The Morgan fingerprint density at radius 2 is 1.31 bits per heavy atom. The third-order valence-corrected chi connectivity index (χ3v) is 3.74. The molecule has 2 heteroatoms. The van der Waals surface area contributed by atoms with Crippen molar-refractivity contribution in [3.05, 3.63) is 0 Å². The van der Waals surface area contributed by atoms with E-state index < -0.39 is 5.97 Å². The summed E-state index contributed by atoms with van der Waals surface area (Å²) in [4.78, 5) is 10.6. The Morgan fingerprint density at radius 3 is 1.75 bits per heavy atom. The Bertz CT molecular complexity index is 177. The molecular weight excluding hydrogens is 200 g/mol. The van der Waals surface area contributed by atoms with Crippen molar-refractivity contribution in [2.45, 2.75) is 77.0 Å². The van der Waals surface area contributed by atoms with Gasteiger partial charge in [-0.1, -0.05) is 64.2 Å². The molecule has 0 amide bonds. The summed E-state index contributed by atoms with van der Waals surface area (Å²) in [5, 5.41) is 8.72. The second kappa shape index (κ2) is 8.60. The van der Waals surface area contributed by atoms with Gasteiger partial charge in [-0.2, -0.15) is 0 Å². The summed E-state index contributed by atoms with van der Waals surface area (Å²) < 4.78 is 0. The number of carboxylic acids is 1. The largest absolute Gasteiger partial charge is 0.481 e. The number of carboxylic acid groups (broad SMARTS) is 1. The molecule has 0 heterocycles. The van der Waals surface area contributed by atoms with Gasteiger partial charge in [-0.15, -0.1) is 0 Å². The van der Waals surface area contributed by atoms with Crippen LogP contribution in [0.4, 0.5) is 0 Å². The van der Waals surface area contributed by atoms with Gasteiger partial charge < -0.3 is 5.11 Å². The molecule has 1 saturated carbocycles. The molecule has 0 aromatic carbocycles. The molecule has 0 radical (unpaired) electrons. The molecule has 1 aliphatic carbocycles. The van der Waals surface area contributed by atoms with E-state index in [0.29, 0.717) is 12.3 Å². The predicted molar refractivity (Wildman–Crippen MR) is 66.5 cm³/mol. The van der Waals surface area contributed by atoms with Crippen molar-refractivity contribution < 1.29 is 9.90 Å². The predicted octanol–water partition coefficient (Wildman–Crippen LogP) is 4.38. The summed E-state index contributed by atoms with van der Waals surface area (Å²) in [6.45, 7) is 0. The lowest BCUT2D eigenvalue weighted by molar-refractivity contribution is -0.137. The van der Waals surface area contributed by atoms with Crippen LogP contribution in [0.15, 0.2) is 0 Å². The van der Waals surface area contributed by atoms with Gasteiger partial charge in [0.1, 0.15) is 0 Å². The molecule has 0 saturated heterocycles. The third-order valence-electron chi connectivity index (χ3n) is 3.74. The van der Waals surface area contributed by atoms with Gasteiger partial charge in [0.15, 0.2) is 0 Å². The fourth-order valence-electron chi connectivity index (χ4n) is 2.69. The molecule has 0 spiro atoms. The van der Waals surface area contributed by atoms with E-state index in [0.717, 1.165) is 6.42 Å². The van der Waals surface area contributed by atoms with Gasteiger partial charge in [0.2, 0.25) is 0 Å². The van der Waals surface area contributed by atoms with Gasteiger partial charge in [0.25, 0.3) is 0 Å². The molecule has 1 rings (SSSR count). The lowest BCUT2D eigenvalue weighted by Gasteiger charge is -2.15. The Labute approximate surface area is 99.4 Å². The van der Waals surface area contributed by atoms with Crippen LogP contribution in [-0.2, 0) is 4.79 Å². The molecule has 1 fully saturated rings. The highest BCUT2D eigenvalue weighted by molar-refractivity contribution is 5.66. The lowest BCUT2D eigenvalue weighted by atomic mass is 9.91. The summed E-state index contributed by atoms with van der Waals surface area (Å²) in [5.74, 6) is 0.0449. The van der Waals surface area contributed by atoms with E-state index in [2.05, 4.69) is 0 Å². The molecule has 0 aromatic rings.